The Balaban J connectivity index is 3.68. The van der Waals surface area contributed by atoms with Crippen molar-refractivity contribution in [2.75, 3.05) is 0 Å². The van der Waals surface area contributed by atoms with Crippen molar-refractivity contribution in [3.05, 3.63) is 24.4 Å². The van der Waals surface area contributed by atoms with Crippen molar-refractivity contribution in [1.29, 1.82) is 0 Å². The molecule has 12 heavy (non-hydrogen) atoms. The van der Waals surface area contributed by atoms with Gasteiger partial charge in [0.2, 0.25) is 0 Å². The third-order valence-corrected chi connectivity index (χ3v) is 1.62. The SMILES string of the molecule is C=C(/C=C\C)N[C@@H](C)CC(C)C. The van der Waals surface area contributed by atoms with Crippen LogP contribution >= 0.6 is 0 Å². The average Bonchev–Trinajstić information content (AvgIpc) is 1.84. The van der Waals surface area contributed by atoms with E-state index in [1.54, 1.807) is 0 Å². The van der Waals surface area contributed by atoms with E-state index >= 15 is 0 Å². The lowest BCUT2D eigenvalue weighted by molar-refractivity contribution is 0.475. The van der Waals surface area contributed by atoms with Crippen LogP contribution in [0.1, 0.15) is 34.1 Å². The van der Waals surface area contributed by atoms with Gasteiger partial charge >= 0.3 is 0 Å². The van der Waals surface area contributed by atoms with Crippen molar-refractivity contribution in [2.24, 2.45) is 5.92 Å². The third kappa shape index (κ3) is 6.02. The first-order valence-corrected chi connectivity index (χ1v) is 4.64. The summed E-state index contributed by atoms with van der Waals surface area (Å²) in [7, 11) is 0. The van der Waals surface area contributed by atoms with Crippen molar-refractivity contribution < 1.29 is 0 Å². The molecule has 0 saturated carbocycles. The van der Waals surface area contributed by atoms with Gasteiger partial charge in [0.1, 0.15) is 0 Å². The molecule has 0 rings (SSSR count). The van der Waals surface area contributed by atoms with Gasteiger partial charge in [0.25, 0.3) is 0 Å². The lowest BCUT2D eigenvalue weighted by Crippen LogP contribution is -2.25. The highest BCUT2D eigenvalue weighted by Crippen LogP contribution is 2.05. The van der Waals surface area contributed by atoms with Crippen LogP contribution in [0.4, 0.5) is 0 Å². The number of nitrogens with one attached hydrogen (secondary N) is 1. The fourth-order valence-electron chi connectivity index (χ4n) is 1.33. The summed E-state index contributed by atoms with van der Waals surface area (Å²) in [5, 5.41) is 3.33. The van der Waals surface area contributed by atoms with E-state index in [2.05, 4.69) is 32.7 Å². The first-order valence-electron chi connectivity index (χ1n) is 4.64. The zero-order valence-corrected chi connectivity index (χ0v) is 8.72. The van der Waals surface area contributed by atoms with Gasteiger partial charge in [0.05, 0.1) is 0 Å². The Morgan fingerprint density at radius 3 is 2.42 bits per heavy atom. The molecule has 0 saturated heterocycles. The first-order chi connectivity index (χ1) is 5.56. The van der Waals surface area contributed by atoms with Gasteiger partial charge < -0.3 is 5.32 Å². The van der Waals surface area contributed by atoms with E-state index in [1.165, 1.54) is 6.42 Å². The highest BCUT2D eigenvalue weighted by molar-refractivity contribution is 5.11. The minimum absolute atomic E-state index is 0.522. The Kier molecular flexibility index (Phi) is 5.52. The van der Waals surface area contributed by atoms with E-state index in [1.807, 2.05) is 19.1 Å². The molecule has 0 fully saturated rings. The second-order valence-corrected chi connectivity index (χ2v) is 3.70. The van der Waals surface area contributed by atoms with Crippen LogP contribution < -0.4 is 5.32 Å². The second-order valence-electron chi connectivity index (χ2n) is 3.70. The molecule has 0 bridgehead atoms. The molecule has 0 aliphatic heterocycles. The van der Waals surface area contributed by atoms with Crippen LogP contribution in [-0.2, 0) is 0 Å². The molecule has 0 aliphatic rings. The average molecular weight is 167 g/mol. The van der Waals surface area contributed by atoms with Crippen LogP contribution in [0.2, 0.25) is 0 Å². The van der Waals surface area contributed by atoms with Gasteiger partial charge in [-0.15, -0.1) is 0 Å². The minimum Gasteiger partial charge on any atom is -0.383 e. The Labute approximate surface area is 76.6 Å². The zero-order valence-electron chi connectivity index (χ0n) is 8.72. The highest BCUT2D eigenvalue weighted by Gasteiger charge is 2.03. The highest BCUT2D eigenvalue weighted by atomic mass is 14.9. The maximum atomic E-state index is 3.89. The molecule has 0 aromatic rings. The molecule has 0 radical (unpaired) electrons. The lowest BCUT2D eigenvalue weighted by atomic mass is 10.1. The van der Waals surface area contributed by atoms with E-state index in [4.69, 9.17) is 0 Å². The molecule has 0 unspecified atom stereocenters. The Morgan fingerprint density at radius 1 is 1.42 bits per heavy atom. The Morgan fingerprint density at radius 2 is 2.00 bits per heavy atom. The van der Waals surface area contributed by atoms with E-state index in [-0.39, 0.29) is 0 Å². The van der Waals surface area contributed by atoms with Crippen LogP contribution in [0, 0.1) is 5.92 Å². The molecule has 0 aromatic heterocycles. The van der Waals surface area contributed by atoms with E-state index in [0.29, 0.717) is 6.04 Å². The van der Waals surface area contributed by atoms with Crippen LogP contribution in [0.25, 0.3) is 0 Å². The Hall–Kier alpha value is -0.720. The summed E-state index contributed by atoms with van der Waals surface area (Å²) >= 11 is 0. The summed E-state index contributed by atoms with van der Waals surface area (Å²) < 4.78 is 0. The Bertz CT molecular complexity index is 156. The number of hydrogen-bond donors (Lipinski definition) is 1. The predicted octanol–water partition coefficient (Wildman–Crippen LogP) is 3.10. The van der Waals surface area contributed by atoms with Crippen molar-refractivity contribution in [3.63, 3.8) is 0 Å². The van der Waals surface area contributed by atoms with Gasteiger partial charge in [-0.2, -0.15) is 0 Å². The van der Waals surface area contributed by atoms with Crippen LogP contribution in [0.3, 0.4) is 0 Å². The molecule has 0 spiro atoms. The van der Waals surface area contributed by atoms with E-state index < -0.39 is 0 Å². The minimum atomic E-state index is 0.522. The summed E-state index contributed by atoms with van der Waals surface area (Å²) in [5.74, 6) is 0.742. The fraction of sp³-hybridized carbons (Fsp3) is 0.636. The molecule has 0 heterocycles. The summed E-state index contributed by atoms with van der Waals surface area (Å²) in [6, 6.07) is 0.522. The largest absolute Gasteiger partial charge is 0.383 e. The quantitative estimate of drug-likeness (QED) is 0.620. The molecule has 70 valence electrons. The van der Waals surface area contributed by atoms with Gasteiger partial charge in [0.15, 0.2) is 0 Å². The zero-order chi connectivity index (χ0) is 9.56. The summed E-state index contributed by atoms with van der Waals surface area (Å²) in [6.07, 6.45) is 5.19. The molecule has 1 N–H and O–H groups in total. The first kappa shape index (κ1) is 11.3. The lowest BCUT2D eigenvalue weighted by Gasteiger charge is -2.16. The van der Waals surface area contributed by atoms with Gasteiger partial charge in [0, 0.05) is 11.7 Å². The summed E-state index contributed by atoms with van der Waals surface area (Å²) in [5.41, 5.74) is 1.01. The van der Waals surface area contributed by atoms with Crippen molar-refractivity contribution >= 4 is 0 Å². The fourth-order valence-corrected chi connectivity index (χ4v) is 1.33. The standard InChI is InChI=1S/C11H21N/c1-6-7-10(4)12-11(5)8-9(2)3/h6-7,9,11-12H,4,8H2,1-3,5H3/b7-6-/t11-/m0/s1. The molecule has 0 aromatic carbocycles. The number of hydrogen-bond acceptors (Lipinski definition) is 1. The van der Waals surface area contributed by atoms with Crippen LogP contribution in [0.5, 0.6) is 0 Å². The summed E-state index contributed by atoms with van der Waals surface area (Å²) in [4.78, 5) is 0. The van der Waals surface area contributed by atoms with E-state index in [9.17, 15) is 0 Å². The molecule has 1 heteroatoms. The van der Waals surface area contributed by atoms with Crippen LogP contribution in [-0.4, -0.2) is 6.04 Å². The van der Waals surface area contributed by atoms with Gasteiger partial charge in [-0.1, -0.05) is 26.5 Å². The maximum absolute atomic E-state index is 3.89. The molecular formula is C11H21N. The third-order valence-electron chi connectivity index (χ3n) is 1.62. The molecule has 1 atom stereocenters. The van der Waals surface area contributed by atoms with Crippen molar-refractivity contribution in [1.82, 2.24) is 5.32 Å². The number of allylic oxidation sites excluding steroid dienone is 2. The van der Waals surface area contributed by atoms with Crippen molar-refractivity contribution in [2.45, 2.75) is 40.2 Å². The van der Waals surface area contributed by atoms with Crippen LogP contribution in [0.15, 0.2) is 24.4 Å². The van der Waals surface area contributed by atoms with Gasteiger partial charge in [-0.25, -0.2) is 0 Å². The monoisotopic (exact) mass is 167 g/mol. The van der Waals surface area contributed by atoms with E-state index in [0.717, 1.165) is 11.6 Å². The molecule has 1 nitrogen and oxygen atoms in total. The van der Waals surface area contributed by atoms with Gasteiger partial charge in [-0.05, 0) is 32.3 Å². The van der Waals surface area contributed by atoms with Gasteiger partial charge in [-0.3, -0.25) is 0 Å². The topological polar surface area (TPSA) is 12.0 Å². The smallest absolute Gasteiger partial charge is 0.0265 e. The molecular weight excluding hydrogens is 146 g/mol. The maximum Gasteiger partial charge on any atom is 0.0265 e. The molecule has 0 aliphatic carbocycles. The normalized spacial score (nSPS) is 13.8. The summed E-state index contributed by atoms with van der Waals surface area (Å²) in [6.45, 7) is 12.5. The number of rotatable bonds is 5. The molecule has 0 amide bonds. The predicted molar refractivity (Wildman–Crippen MR) is 56.0 cm³/mol. The second kappa shape index (κ2) is 5.87. The van der Waals surface area contributed by atoms with Crippen molar-refractivity contribution in [3.8, 4) is 0 Å².